The summed E-state index contributed by atoms with van der Waals surface area (Å²) in [6.07, 6.45) is 5.56. The van der Waals surface area contributed by atoms with Crippen molar-refractivity contribution in [2.75, 3.05) is 0 Å². The molecule has 4 heteroatoms. The highest BCUT2D eigenvalue weighted by molar-refractivity contribution is 5.94. The standard InChI is InChI=1S/C19H23N3O/c1-13-7-9-14(10-8-13)17-12-11-16(18(20)21)19(23)22(17)15-5-3-2-4-6-15/h7-12,15H,2-6H2,1H3,(H3,20,21). The van der Waals surface area contributed by atoms with Crippen LogP contribution in [-0.2, 0) is 0 Å². The van der Waals surface area contributed by atoms with Crippen LogP contribution >= 0.6 is 0 Å². The summed E-state index contributed by atoms with van der Waals surface area (Å²) in [7, 11) is 0. The van der Waals surface area contributed by atoms with Crippen LogP contribution in [-0.4, -0.2) is 10.4 Å². The third-order valence-electron chi connectivity index (χ3n) is 4.69. The van der Waals surface area contributed by atoms with Crippen molar-refractivity contribution in [3.05, 3.63) is 57.9 Å². The highest BCUT2D eigenvalue weighted by atomic mass is 16.1. The molecule has 2 aromatic rings. The molecule has 1 fully saturated rings. The van der Waals surface area contributed by atoms with E-state index in [1.807, 2.05) is 10.6 Å². The molecule has 1 saturated carbocycles. The molecule has 0 radical (unpaired) electrons. The van der Waals surface area contributed by atoms with Gasteiger partial charge in [-0.2, -0.15) is 0 Å². The third kappa shape index (κ3) is 3.07. The normalized spacial score (nSPS) is 15.5. The van der Waals surface area contributed by atoms with E-state index in [1.54, 1.807) is 6.07 Å². The molecule has 0 atom stereocenters. The quantitative estimate of drug-likeness (QED) is 0.671. The van der Waals surface area contributed by atoms with E-state index in [-0.39, 0.29) is 17.4 Å². The van der Waals surface area contributed by atoms with Crippen LogP contribution in [0, 0.1) is 12.3 Å². The lowest BCUT2D eigenvalue weighted by Gasteiger charge is -2.27. The fourth-order valence-electron chi connectivity index (χ4n) is 3.42. The lowest BCUT2D eigenvalue weighted by Crippen LogP contribution is -2.33. The lowest BCUT2D eigenvalue weighted by molar-refractivity contribution is 0.349. The number of nitrogen functional groups attached to an aromatic ring is 1. The Hall–Kier alpha value is -2.36. The van der Waals surface area contributed by atoms with Crippen molar-refractivity contribution in [2.24, 2.45) is 5.73 Å². The molecular formula is C19H23N3O. The van der Waals surface area contributed by atoms with Gasteiger partial charge in [0, 0.05) is 6.04 Å². The van der Waals surface area contributed by atoms with Crippen LogP contribution in [0.25, 0.3) is 11.3 Å². The number of nitrogens with zero attached hydrogens (tertiary/aromatic N) is 1. The zero-order chi connectivity index (χ0) is 16.4. The van der Waals surface area contributed by atoms with Crippen molar-refractivity contribution in [3.8, 4) is 11.3 Å². The van der Waals surface area contributed by atoms with Crippen LogP contribution in [0.2, 0.25) is 0 Å². The molecular weight excluding hydrogens is 286 g/mol. The van der Waals surface area contributed by atoms with E-state index in [9.17, 15) is 4.79 Å². The molecule has 0 saturated heterocycles. The number of hydrogen-bond donors (Lipinski definition) is 2. The van der Waals surface area contributed by atoms with Crippen molar-refractivity contribution >= 4 is 5.84 Å². The van der Waals surface area contributed by atoms with Gasteiger partial charge in [-0.15, -0.1) is 0 Å². The first-order valence-corrected chi connectivity index (χ1v) is 8.25. The van der Waals surface area contributed by atoms with Gasteiger partial charge >= 0.3 is 0 Å². The highest BCUT2D eigenvalue weighted by Crippen LogP contribution is 2.31. The fourth-order valence-corrected chi connectivity index (χ4v) is 3.42. The smallest absolute Gasteiger partial charge is 0.262 e. The molecule has 3 N–H and O–H groups in total. The van der Waals surface area contributed by atoms with E-state index in [2.05, 4.69) is 31.2 Å². The minimum Gasteiger partial charge on any atom is -0.384 e. The van der Waals surface area contributed by atoms with Gasteiger partial charge in [-0.3, -0.25) is 10.2 Å². The van der Waals surface area contributed by atoms with Crippen LogP contribution in [0.4, 0.5) is 0 Å². The number of hydrogen-bond acceptors (Lipinski definition) is 2. The molecule has 23 heavy (non-hydrogen) atoms. The topological polar surface area (TPSA) is 71.9 Å². The van der Waals surface area contributed by atoms with Gasteiger partial charge in [0.1, 0.15) is 5.84 Å². The number of nitrogens with one attached hydrogen (secondary N) is 1. The van der Waals surface area contributed by atoms with Crippen LogP contribution in [0.15, 0.2) is 41.2 Å². The van der Waals surface area contributed by atoms with Gasteiger partial charge in [0.15, 0.2) is 0 Å². The summed E-state index contributed by atoms with van der Waals surface area (Å²) in [5.41, 5.74) is 8.91. The summed E-state index contributed by atoms with van der Waals surface area (Å²) in [5, 5.41) is 7.65. The van der Waals surface area contributed by atoms with E-state index >= 15 is 0 Å². The second-order valence-corrected chi connectivity index (χ2v) is 6.38. The highest BCUT2D eigenvalue weighted by Gasteiger charge is 2.21. The number of amidine groups is 1. The zero-order valence-electron chi connectivity index (χ0n) is 13.5. The predicted octanol–water partition coefficient (Wildman–Crippen LogP) is 3.61. The molecule has 1 aliphatic rings. The zero-order valence-corrected chi connectivity index (χ0v) is 13.5. The average Bonchev–Trinajstić information content (AvgIpc) is 2.55. The first-order valence-electron chi connectivity index (χ1n) is 8.25. The molecule has 0 spiro atoms. The summed E-state index contributed by atoms with van der Waals surface area (Å²) in [6.45, 7) is 2.05. The molecule has 3 rings (SSSR count). The Kier molecular flexibility index (Phi) is 4.33. The number of rotatable bonds is 3. The summed E-state index contributed by atoms with van der Waals surface area (Å²) < 4.78 is 1.88. The Morgan fingerprint density at radius 1 is 1.09 bits per heavy atom. The third-order valence-corrected chi connectivity index (χ3v) is 4.69. The Labute approximate surface area is 136 Å². The maximum Gasteiger partial charge on any atom is 0.262 e. The first-order chi connectivity index (χ1) is 11.1. The molecule has 1 aromatic carbocycles. The van der Waals surface area contributed by atoms with Crippen molar-refractivity contribution in [2.45, 2.75) is 45.1 Å². The van der Waals surface area contributed by atoms with E-state index in [0.717, 1.165) is 36.9 Å². The van der Waals surface area contributed by atoms with Gasteiger partial charge in [-0.05, 0) is 37.5 Å². The molecule has 0 amide bonds. The number of aromatic nitrogens is 1. The Morgan fingerprint density at radius 3 is 2.35 bits per heavy atom. The number of benzene rings is 1. The largest absolute Gasteiger partial charge is 0.384 e. The van der Waals surface area contributed by atoms with E-state index in [4.69, 9.17) is 11.1 Å². The first kappa shape index (κ1) is 15.5. The number of pyridine rings is 1. The van der Waals surface area contributed by atoms with E-state index < -0.39 is 0 Å². The molecule has 4 nitrogen and oxygen atoms in total. The molecule has 1 aliphatic carbocycles. The van der Waals surface area contributed by atoms with Crippen LogP contribution in [0.1, 0.15) is 49.3 Å². The number of aryl methyl sites for hydroxylation is 1. The molecule has 0 bridgehead atoms. The summed E-state index contributed by atoms with van der Waals surface area (Å²) in [5.74, 6) is -0.157. The SMILES string of the molecule is Cc1ccc(-c2ccc(C(=N)N)c(=O)n2C2CCCCC2)cc1. The second kappa shape index (κ2) is 6.41. The summed E-state index contributed by atoms with van der Waals surface area (Å²) in [4.78, 5) is 12.9. The van der Waals surface area contributed by atoms with Gasteiger partial charge in [0.25, 0.3) is 5.56 Å². The van der Waals surface area contributed by atoms with Crippen molar-refractivity contribution < 1.29 is 0 Å². The van der Waals surface area contributed by atoms with E-state index in [0.29, 0.717) is 5.56 Å². The van der Waals surface area contributed by atoms with Gasteiger partial charge < -0.3 is 10.3 Å². The fraction of sp³-hybridized carbons (Fsp3) is 0.368. The Balaban J connectivity index is 2.18. The summed E-state index contributed by atoms with van der Waals surface area (Å²) >= 11 is 0. The minimum absolute atomic E-state index is 0.137. The molecule has 0 aliphatic heterocycles. The Morgan fingerprint density at radius 2 is 1.74 bits per heavy atom. The number of nitrogens with two attached hydrogens (primary N) is 1. The lowest BCUT2D eigenvalue weighted by atomic mass is 9.94. The van der Waals surface area contributed by atoms with Crippen molar-refractivity contribution in [3.63, 3.8) is 0 Å². The molecule has 0 unspecified atom stereocenters. The maximum atomic E-state index is 12.9. The molecule has 1 aromatic heterocycles. The van der Waals surface area contributed by atoms with Gasteiger partial charge in [0.2, 0.25) is 0 Å². The minimum atomic E-state index is -0.157. The second-order valence-electron chi connectivity index (χ2n) is 6.38. The van der Waals surface area contributed by atoms with Crippen LogP contribution < -0.4 is 11.3 Å². The van der Waals surface area contributed by atoms with Gasteiger partial charge in [0.05, 0.1) is 11.3 Å². The van der Waals surface area contributed by atoms with Crippen LogP contribution in [0.5, 0.6) is 0 Å². The van der Waals surface area contributed by atoms with Crippen molar-refractivity contribution in [1.82, 2.24) is 4.57 Å². The van der Waals surface area contributed by atoms with Gasteiger partial charge in [-0.25, -0.2) is 0 Å². The monoisotopic (exact) mass is 309 g/mol. The summed E-state index contributed by atoms with van der Waals surface area (Å²) in [6, 6.07) is 12.0. The predicted molar refractivity (Wildman–Crippen MR) is 94.0 cm³/mol. The Bertz CT molecular complexity index is 768. The van der Waals surface area contributed by atoms with E-state index in [1.165, 1.54) is 12.0 Å². The van der Waals surface area contributed by atoms with Crippen LogP contribution in [0.3, 0.4) is 0 Å². The molecule has 1 heterocycles. The maximum absolute atomic E-state index is 12.9. The van der Waals surface area contributed by atoms with Gasteiger partial charge in [-0.1, -0.05) is 49.1 Å². The van der Waals surface area contributed by atoms with Crippen molar-refractivity contribution in [1.29, 1.82) is 5.41 Å². The molecule has 120 valence electrons. The average molecular weight is 309 g/mol.